The minimum atomic E-state index is -0.241. The summed E-state index contributed by atoms with van der Waals surface area (Å²) in [5, 5.41) is 10.4. The van der Waals surface area contributed by atoms with Crippen molar-refractivity contribution in [2.45, 2.75) is 20.4 Å². The molecule has 0 atom stereocenters. The van der Waals surface area contributed by atoms with E-state index in [1.165, 1.54) is 28.9 Å². The molecule has 1 aliphatic rings. The SMILES string of the molecule is Cc1cccc(N2CCN(Cc3cc(-c4ccc(F)cc4)ccc3O)CC2)c1C. The standard InChI is InChI=1S/C25H27FN2O/c1-18-4-3-5-24(19(18)2)28-14-12-27(13-15-28)17-22-16-21(8-11-25(22)29)20-6-9-23(26)10-7-20/h3-11,16,29H,12-15,17H2,1-2H3. The first kappa shape index (κ1) is 19.5. The Kier molecular flexibility index (Phi) is 5.54. The van der Waals surface area contributed by atoms with E-state index in [9.17, 15) is 9.50 Å². The molecule has 1 heterocycles. The summed E-state index contributed by atoms with van der Waals surface area (Å²) in [6, 6.07) is 18.6. The lowest BCUT2D eigenvalue weighted by Crippen LogP contribution is -2.46. The predicted octanol–water partition coefficient (Wildman–Crippen LogP) is 5.14. The number of phenolic OH excluding ortho intramolecular Hbond substituents is 1. The Balaban J connectivity index is 1.45. The Morgan fingerprint density at radius 2 is 1.55 bits per heavy atom. The van der Waals surface area contributed by atoms with Crippen LogP contribution in [0.4, 0.5) is 10.1 Å². The zero-order valence-corrected chi connectivity index (χ0v) is 17.0. The number of nitrogens with zero attached hydrogens (tertiary/aromatic N) is 2. The van der Waals surface area contributed by atoms with Gasteiger partial charge >= 0.3 is 0 Å². The number of aryl methyl sites for hydroxylation is 1. The van der Waals surface area contributed by atoms with E-state index in [2.05, 4.69) is 41.8 Å². The third-order valence-electron chi connectivity index (χ3n) is 5.94. The number of piperazine rings is 1. The van der Waals surface area contributed by atoms with Crippen LogP contribution in [0.3, 0.4) is 0 Å². The second-order valence-electron chi connectivity index (χ2n) is 7.83. The fraction of sp³-hybridized carbons (Fsp3) is 0.280. The van der Waals surface area contributed by atoms with E-state index in [1.807, 2.05) is 12.1 Å². The summed E-state index contributed by atoms with van der Waals surface area (Å²) in [5.74, 6) is 0.0716. The summed E-state index contributed by atoms with van der Waals surface area (Å²) in [7, 11) is 0. The van der Waals surface area contributed by atoms with E-state index < -0.39 is 0 Å². The number of hydrogen-bond acceptors (Lipinski definition) is 3. The van der Waals surface area contributed by atoms with E-state index in [0.29, 0.717) is 12.3 Å². The topological polar surface area (TPSA) is 26.7 Å². The van der Waals surface area contributed by atoms with E-state index in [-0.39, 0.29) is 5.82 Å². The van der Waals surface area contributed by atoms with Gasteiger partial charge < -0.3 is 10.0 Å². The van der Waals surface area contributed by atoms with Gasteiger partial charge in [-0.2, -0.15) is 0 Å². The molecule has 4 heteroatoms. The summed E-state index contributed by atoms with van der Waals surface area (Å²) in [5.41, 5.74) is 6.86. The maximum Gasteiger partial charge on any atom is 0.123 e. The quantitative estimate of drug-likeness (QED) is 0.668. The molecule has 0 amide bonds. The minimum absolute atomic E-state index is 0.241. The molecular weight excluding hydrogens is 363 g/mol. The monoisotopic (exact) mass is 390 g/mol. The van der Waals surface area contributed by atoms with Crippen LogP contribution in [0.15, 0.2) is 60.7 Å². The van der Waals surface area contributed by atoms with Crippen LogP contribution in [0.25, 0.3) is 11.1 Å². The van der Waals surface area contributed by atoms with Gasteiger partial charge in [-0.1, -0.05) is 30.3 Å². The second kappa shape index (κ2) is 8.26. The zero-order chi connectivity index (χ0) is 20.4. The van der Waals surface area contributed by atoms with Crippen molar-refractivity contribution in [1.29, 1.82) is 0 Å². The van der Waals surface area contributed by atoms with E-state index in [4.69, 9.17) is 0 Å². The van der Waals surface area contributed by atoms with Gasteiger partial charge in [-0.25, -0.2) is 4.39 Å². The first-order valence-electron chi connectivity index (χ1n) is 10.1. The van der Waals surface area contributed by atoms with Crippen LogP contribution in [0.5, 0.6) is 5.75 Å². The Morgan fingerprint density at radius 3 is 2.28 bits per heavy atom. The van der Waals surface area contributed by atoms with Gasteiger partial charge in [-0.15, -0.1) is 0 Å². The van der Waals surface area contributed by atoms with Crippen LogP contribution in [-0.2, 0) is 6.54 Å². The smallest absolute Gasteiger partial charge is 0.123 e. The fourth-order valence-electron chi connectivity index (χ4n) is 4.00. The van der Waals surface area contributed by atoms with E-state index in [0.717, 1.165) is 42.9 Å². The van der Waals surface area contributed by atoms with Crippen molar-refractivity contribution in [3.63, 3.8) is 0 Å². The Labute approximate surface area is 172 Å². The second-order valence-corrected chi connectivity index (χ2v) is 7.83. The van der Waals surface area contributed by atoms with Crippen molar-refractivity contribution >= 4 is 5.69 Å². The Morgan fingerprint density at radius 1 is 0.862 bits per heavy atom. The highest BCUT2D eigenvalue weighted by molar-refractivity contribution is 5.65. The van der Waals surface area contributed by atoms with Gasteiger partial charge in [0.2, 0.25) is 0 Å². The lowest BCUT2D eigenvalue weighted by atomic mass is 10.0. The molecule has 1 aliphatic heterocycles. The number of benzene rings is 3. The number of halogens is 1. The fourth-order valence-corrected chi connectivity index (χ4v) is 4.00. The minimum Gasteiger partial charge on any atom is -0.508 e. The molecule has 0 aliphatic carbocycles. The van der Waals surface area contributed by atoms with E-state index in [1.54, 1.807) is 18.2 Å². The summed E-state index contributed by atoms with van der Waals surface area (Å²) in [6.45, 7) is 8.91. The predicted molar refractivity (Wildman–Crippen MR) is 117 cm³/mol. The van der Waals surface area contributed by atoms with Crippen LogP contribution in [-0.4, -0.2) is 36.2 Å². The maximum absolute atomic E-state index is 13.2. The zero-order valence-electron chi connectivity index (χ0n) is 17.0. The molecule has 0 saturated carbocycles. The molecule has 0 radical (unpaired) electrons. The molecule has 1 N–H and O–H groups in total. The summed E-state index contributed by atoms with van der Waals surface area (Å²) < 4.78 is 13.2. The van der Waals surface area contributed by atoms with Gasteiger partial charge in [0.25, 0.3) is 0 Å². The van der Waals surface area contributed by atoms with Crippen molar-refractivity contribution in [1.82, 2.24) is 4.90 Å². The molecule has 29 heavy (non-hydrogen) atoms. The van der Waals surface area contributed by atoms with Crippen molar-refractivity contribution in [2.75, 3.05) is 31.1 Å². The molecule has 1 saturated heterocycles. The number of hydrogen-bond donors (Lipinski definition) is 1. The normalized spacial score (nSPS) is 14.9. The molecule has 3 aromatic carbocycles. The summed E-state index contributed by atoms with van der Waals surface area (Å²) in [4.78, 5) is 4.83. The third kappa shape index (κ3) is 4.28. The van der Waals surface area contributed by atoms with Crippen LogP contribution >= 0.6 is 0 Å². The van der Waals surface area contributed by atoms with Crippen LogP contribution in [0, 0.1) is 19.7 Å². The highest BCUT2D eigenvalue weighted by Gasteiger charge is 2.20. The Hall–Kier alpha value is -2.85. The van der Waals surface area contributed by atoms with Gasteiger partial charge in [0.15, 0.2) is 0 Å². The first-order valence-corrected chi connectivity index (χ1v) is 10.1. The summed E-state index contributed by atoms with van der Waals surface area (Å²) in [6.07, 6.45) is 0. The van der Waals surface area contributed by atoms with Crippen LogP contribution in [0.2, 0.25) is 0 Å². The highest BCUT2D eigenvalue weighted by Crippen LogP contribution is 2.28. The van der Waals surface area contributed by atoms with Gasteiger partial charge in [-0.05, 0) is 66.4 Å². The van der Waals surface area contributed by atoms with Crippen molar-refractivity contribution in [3.05, 3.63) is 83.2 Å². The average molecular weight is 391 g/mol. The van der Waals surface area contributed by atoms with Crippen LogP contribution in [0.1, 0.15) is 16.7 Å². The number of rotatable bonds is 4. The number of anilines is 1. The molecule has 3 nitrogen and oxygen atoms in total. The molecule has 0 bridgehead atoms. The molecule has 0 aromatic heterocycles. The lowest BCUT2D eigenvalue weighted by molar-refractivity contribution is 0.246. The number of phenols is 1. The molecule has 1 fully saturated rings. The van der Waals surface area contributed by atoms with Gasteiger partial charge in [0.05, 0.1) is 0 Å². The van der Waals surface area contributed by atoms with Crippen LogP contribution < -0.4 is 4.90 Å². The largest absolute Gasteiger partial charge is 0.508 e. The molecular formula is C25H27FN2O. The molecule has 0 unspecified atom stereocenters. The first-order chi connectivity index (χ1) is 14.0. The van der Waals surface area contributed by atoms with Gasteiger partial charge in [-0.3, -0.25) is 4.90 Å². The number of aromatic hydroxyl groups is 1. The van der Waals surface area contributed by atoms with Gasteiger partial charge in [0, 0.05) is 44.0 Å². The molecule has 0 spiro atoms. The molecule has 4 rings (SSSR count). The van der Waals surface area contributed by atoms with Crippen molar-refractivity contribution in [2.24, 2.45) is 0 Å². The average Bonchev–Trinajstić information content (AvgIpc) is 2.73. The third-order valence-corrected chi connectivity index (χ3v) is 5.94. The maximum atomic E-state index is 13.2. The van der Waals surface area contributed by atoms with E-state index >= 15 is 0 Å². The Bertz CT molecular complexity index is 992. The molecule has 3 aromatic rings. The highest BCUT2D eigenvalue weighted by atomic mass is 19.1. The van der Waals surface area contributed by atoms with Crippen molar-refractivity contribution in [3.8, 4) is 16.9 Å². The lowest BCUT2D eigenvalue weighted by Gasteiger charge is -2.37. The summed E-state index contributed by atoms with van der Waals surface area (Å²) >= 11 is 0. The van der Waals surface area contributed by atoms with Gasteiger partial charge in [0.1, 0.15) is 11.6 Å². The molecule has 150 valence electrons. The van der Waals surface area contributed by atoms with Crippen molar-refractivity contribution < 1.29 is 9.50 Å².